The summed E-state index contributed by atoms with van der Waals surface area (Å²) in [6.45, 7) is 4.32. The molecule has 0 atom stereocenters. The minimum Gasteiger partial charge on any atom is -0.300 e. The number of hydrazone groups is 1. The number of nitrogens with zero attached hydrogens (tertiary/aromatic N) is 3. The van der Waals surface area contributed by atoms with Crippen LogP contribution in [0.25, 0.3) is 0 Å². The number of piperazine rings is 1. The first-order valence-electron chi connectivity index (χ1n) is 11.4. The van der Waals surface area contributed by atoms with Crippen LogP contribution in [-0.2, 0) is 4.79 Å². The van der Waals surface area contributed by atoms with E-state index in [9.17, 15) is 9.18 Å². The van der Waals surface area contributed by atoms with Gasteiger partial charge in [-0.05, 0) is 29.3 Å². The van der Waals surface area contributed by atoms with Crippen LogP contribution >= 0.6 is 15.9 Å². The number of carbonyl (C=O) groups is 1. The van der Waals surface area contributed by atoms with Crippen molar-refractivity contribution in [1.82, 2.24) is 15.2 Å². The zero-order chi connectivity index (χ0) is 23.8. The van der Waals surface area contributed by atoms with Gasteiger partial charge in [0.15, 0.2) is 0 Å². The van der Waals surface area contributed by atoms with Gasteiger partial charge in [-0.3, -0.25) is 9.69 Å². The molecule has 4 rings (SSSR count). The molecule has 0 aromatic heterocycles. The van der Waals surface area contributed by atoms with E-state index < -0.39 is 0 Å². The summed E-state index contributed by atoms with van der Waals surface area (Å²) < 4.78 is 14.5. The number of rotatable bonds is 8. The topological polar surface area (TPSA) is 47.9 Å². The van der Waals surface area contributed by atoms with Crippen molar-refractivity contribution in [3.05, 3.63) is 106 Å². The largest absolute Gasteiger partial charge is 0.300 e. The molecule has 5 nitrogen and oxygen atoms in total. The molecule has 34 heavy (non-hydrogen) atoms. The summed E-state index contributed by atoms with van der Waals surface area (Å²) >= 11 is 3.30. The zero-order valence-corrected chi connectivity index (χ0v) is 20.5. The smallest absolute Gasteiger partial charge is 0.241 e. The molecule has 0 unspecified atom stereocenters. The SMILES string of the molecule is O=C(CCN1CCN(C(c2ccccc2)c2ccccc2)CC1)N/N=C/c1cc(Br)ccc1F. The van der Waals surface area contributed by atoms with Crippen LogP contribution in [0, 0.1) is 5.82 Å². The van der Waals surface area contributed by atoms with Crippen LogP contribution in [0.2, 0.25) is 0 Å². The highest BCUT2D eigenvalue weighted by atomic mass is 79.9. The molecule has 1 heterocycles. The molecule has 0 radical (unpaired) electrons. The molecule has 0 spiro atoms. The molecule has 1 saturated heterocycles. The van der Waals surface area contributed by atoms with Gasteiger partial charge in [0, 0.05) is 49.2 Å². The Bertz CT molecular complexity index is 1060. The van der Waals surface area contributed by atoms with Gasteiger partial charge in [-0.15, -0.1) is 0 Å². The summed E-state index contributed by atoms with van der Waals surface area (Å²) in [7, 11) is 0. The Balaban J connectivity index is 1.27. The predicted molar refractivity (Wildman–Crippen MR) is 137 cm³/mol. The molecule has 1 amide bonds. The van der Waals surface area contributed by atoms with Crippen LogP contribution in [0.4, 0.5) is 4.39 Å². The van der Waals surface area contributed by atoms with Crippen molar-refractivity contribution in [3.8, 4) is 0 Å². The molecule has 0 aliphatic carbocycles. The van der Waals surface area contributed by atoms with E-state index in [1.54, 1.807) is 12.1 Å². The van der Waals surface area contributed by atoms with Gasteiger partial charge < -0.3 is 4.90 Å². The molecule has 7 heteroatoms. The maximum atomic E-state index is 13.8. The van der Waals surface area contributed by atoms with Crippen molar-refractivity contribution in [2.24, 2.45) is 5.10 Å². The summed E-state index contributed by atoms with van der Waals surface area (Å²) in [5.41, 5.74) is 5.40. The molecule has 1 fully saturated rings. The third-order valence-corrected chi connectivity index (χ3v) is 6.50. The Kier molecular flexibility index (Phi) is 8.57. The monoisotopic (exact) mass is 522 g/mol. The Morgan fingerprint density at radius 3 is 2.21 bits per heavy atom. The lowest BCUT2D eigenvalue weighted by molar-refractivity contribution is -0.121. The van der Waals surface area contributed by atoms with Gasteiger partial charge in [0.1, 0.15) is 5.82 Å². The number of carbonyl (C=O) groups excluding carboxylic acids is 1. The number of nitrogens with one attached hydrogen (secondary N) is 1. The minimum absolute atomic E-state index is 0.180. The summed E-state index contributed by atoms with van der Waals surface area (Å²) in [5.74, 6) is -0.566. The average molecular weight is 523 g/mol. The number of amides is 1. The Labute approximate surface area is 208 Å². The minimum atomic E-state index is -0.386. The highest BCUT2D eigenvalue weighted by Gasteiger charge is 2.26. The van der Waals surface area contributed by atoms with Crippen molar-refractivity contribution >= 4 is 28.1 Å². The fraction of sp³-hybridized carbons (Fsp3) is 0.259. The molecule has 0 bridgehead atoms. The van der Waals surface area contributed by atoms with Gasteiger partial charge in [0.2, 0.25) is 5.91 Å². The van der Waals surface area contributed by atoms with Crippen molar-refractivity contribution in [2.45, 2.75) is 12.5 Å². The first kappa shape index (κ1) is 24.3. The summed E-state index contributed by atoms with van der Waals surface area (Å²) in [5, 5.41) is 3.90. The van der Waals surface area contributed by atoms with E-state index in [-0.39, 0.29) is 17.8 Å². The standard InChI is InChI=1S/C27H28BrFN4O/c28-24-11-12-25(29)23(19-24)20-30-31-26(34)13-14-32-15-17-33(18-16-32)27(21-7-3-1-4-8-21)22-9-5-2-6-10-22/h1-12,19-20,27H,13-18H2,(H,31,34)/b30-20+. The van der Waals surface area contributed by atoms with E-state index in [1.165, 1.54) is 23.4 Å². The molecule has 1 aliphatic rings. The third kappa shape index (κ3) is 6.59. The van der Waals surface area contributed by atoms with Crippen LogP contribution < -0.4 is 5.43 Å². The second kappa shape index (κ2) is 12.0. The van der Waals surface area contributed by atoms with Gasteiger partial charge in [-0.1, -0.05) is 76.6 Å². The van der Waals surface area contributed by atoms with E-state index in [0.717, 1.165) is 30.7 Å². The molecule has 1 aliphatic heterocycles. The van der Waals surface area contributed by atoms with Gasteiger partial charge in [-0.25, -0.2) is 9.82 Å². The number of hydrogen-bond donors (Lipinski definition) is 1. The van der Waals surface area contributed by atoms with Crippen molar-refractivity contribution in [2.75, 3.05) is 32.7 Å². The third-order valence-electron chi connectivity index (χ3n) is 6.01. The maximum absolute atomic E-state index is 13.8. The van der Waals surface area contributed by atoms with Gasteiger partial charge >= 0.3 is 0 Å². The lowest BCUT2D eigenvalue weighted by Gasteiger charge is -2.39. The van der Waals surface area contributed by atoms with Gasteiger partial charge in [0.05, 0.1) is 12.3 Å². The molecule has 3 aromatic carbocycles. The van der Waals surface area contributed by atoms with Crippen LogP contribution in [0.5, 0.6) is 0 Å². The molecular weight excluding hydrogens is 495 g/mol. The molecule has 0 saturated carbocycles. The van der Waals surface area contributed by atoms with E-state index in [4.69, 9.17) is 0 Å². The summed E-state index contributed by atoms with van der Waals surface area (Å²) in [4.78, 5) is 17.0. The number of benzene rings is 3. The normalized spacial score (nSPS) is 15.1. The number of halogens is 2. The lowest BCUT2D eigenvalue weighted by atomic mass is 9.96. The van der Waals surface area contributed by atoms with Crippen LogP contribution in [0.15, 0.2) is 88.4 Å². The van der Waals surface area contributed by atoms with Gasteiger partial charge in [-0.2, -0.15) is 5.10 Å². The van der Waals surface area contributed by atoms with E-state index in [0.29, 0.717) is 18.5 Å². The lowest BCUT2D eigenvalue weighted by Crippen LogP contribution is -2.48. The fourth-order valence-corrected chi connectivity index (χ4v) is 4.61. The second-order valence-electron chi connectivity index (χ2n) is 8.31. The average Bonchev–Trinajstić information content (AvgIpc) is 2.87. The summed E-state index contributed by atoms with van der Waals surface area (Å²) in [6, 6.07) is 26.0. The van der Waals surface area contributed by atoms with Crippen molar-refractivity contribution in [3.63, 3.8) is 0 Å². The van der Waals surface area contributed by atoms with Crippen molar-refractivity contribution < 1.29 is 9.18 Å². The quantitative estimate of drug-likeness (QED) is 0.340. The highest BCUT2D eigenvalue weighted by Crippen LogP contribution is 2.29. The van der Waals surface area contributed by atoms with Crippen LogP contribution in [-0.4, -0.2) is 54.6 Å². The number of hydrogen-bond acceptors (Lipinski definition) is 4. The fourth-order valence-electron chi connectivity index (χ4n) is 4.23. The Hall–Kier alpha value is -2.87. The van der Waals surface area contributed by atoms with Crippen LogP contribution in [0.3, 0.4) is 0 Å². The van der Waals surface area contributed by atoms with Gasteiger partial charge in [0.25, 0.3) is 0 Å². The van der Waals surface area contributed by atoms with E-state index in [2.05, 4.69) is 84.8 Å². The highest BCUT2D eigenvalue weighted by molar-refractivity contribution is 9.10. The molecule has 176 valence electrons. The van der Waals surface area contributed by atoms with E-state index in [1.807, 2.05) is 12.1 Å². The second-order valence-corrected chi connectivity index (χ2v) is 9.23. The molecule has 1 N–H and O–H groups in total. The summed E-state index contributed by atoms with van der Waals surface area (Å²) in [6.07, 6.45) is 1.67. The maximum Gasteiger partial charge on any atom is 0.241 e. The predicted octanol–water partition coefficient (Wildman–Crippen LogP) is 4.84. The first-order valence-corrected chi connectivity index (χ1v) is 12.2. The molecular formula is C27H28BrFN4O. The molecule has 3 aromatic rings. The first-order chi connectivity index (χ1) is 16.6. The van der Waals surface area contributed by atoms with Crippen molar-refractivity contribution in [1.29, 1.82) is 0 Å². The van der Waals surface area contributed by atoms with E-state index >= 15 is 0 Å². The van der Waals surface area contributed by atoms with Crippen LogP contribution in [0.1, 0.15) is 29.2 Å². The Morgan fingerprint density at radius 1 is 0.971 bits per heavy atom. The zero-order valence-electron chi connectivity index (χ0n) is 18.9. The Morgan fingerprint density at radius 2 is 1.59 bits per heavy atom.